The van der Waals surface area contributed by atoms with E-state index >= 15 is 0 Å². The summed E-state index contributed by atoms with van der Waals surface area (Å²) >= 11 is 14.5. The highest BCUT2D eigenvalue weighted by atomic mass is 79.9. The second-order valence-electron chi connectivity index (χ2n) is 5.68. The van der Waals surface area contributed by atoms with Gasteiger partial charge in [-0.25, -0.2) is 0 Å². The van der Waals surface area contributed by atoms with Gasteiger partial charge in [-0.3, -0.25) is 20.2 Å². The van der Waals surface area contributed by atoms with E-state index in [1.165, 1.54) is 18.2 Å². The van der Waals surface area contributed by atoms with E-state index in [2.05, 4.69) is 33.5 Å². The fraction of sp³-hybridized carbons (Fsp3) is 0.222. The van der Waals surface area contributed by atoms with Crippen molar-refractivity contribution in [3.8, 4) is 5.75 Å². The van der Waals surface area contributed by atoms with Gasteiger partial charge in [-0.05, 0) is 58.8 Å². The van der Waals surface area contributed by atoms with Crippen LogP contribution in [-0.4, -0.2) is 22.5 Å². The Morgan fingerprint density at radius 1 is 1.32 bits per heavy atom. The molecule has 0 bridgehead atoms. The van der Waals surface area contributed by atoms with Gasteiger partial charge in [0.05, 0.1) is 26.7 Å². The molecule has 28 heavy (non-hydrogen) atoms. The highest BCUT2D eigenvalue weighted by Gasteiger charge is 2.13. The topological polar surface area (TPSA) is 93.5 Å². The number of benzene rings is 2. The van der Waals surface area contributed by atoms with Crippen LogP contribution < -0.4 is 15.4 Å². The number of rotatable bonds is 7. The fourth-order valence-electron chi connectivity index (χ4n) is 2.13. The zero-order valence-corrected chi connectivity index (χ0v) is 18.0. The van der Waals surface area contributed by atoms with Crippen LogP contribution >= 0.6 is 39.7 Å². The Hall–Kier alpha value is -2.23. The lowest BCUT2D eigenvalue weighted by Gasteiger charge is -2.12. The van der Waals surface area contributed by atoms with E-state index in [-0.39, 0.29) is 15.8 Å². The van der Waals surface area contributed by atoms with Gasteiger partial charge in [0, 0.05) is 17.7 Å². The first-order valence-corrected chi connectivity index (χ1v) is 9.88. The standard InChI is InChI=1S/C18H17BrClN3O4S/c1-2-3-8-27-16-7-4-11(9-13(16)19)17(24)22-18(28)21-15-6-5-12(23(25)26)10-14(15)20/h4-7,9-10H,2-3,8H2,1H3,(H2,21,22,24,28). The van der Waals surface area contributed by atoms with Crippen LogP contribution in [0.5, 0.6) is 5.75 Å². The molecule has 0 radical (unpaired) electrons. The van der Waals surface area contributed by atoms with Crippen LogP contribution in [0.1, 0.15) is 30.1 Å². The molecule has 2 aromatic rings. The molecule has 2 N–H and O–H groups in total. The van der Waals surface area contributed by atoms with Gasteiger partial charge in [-0.15, -0.1) is 0 Å². The fourth-order valence-corrected chi connectivity index (χ4v) is 3.05. The molecule has 0 aromatic heterocycles. The molecule has 0 saturated heterocycles. The van der Waals surface area contributed by atoms with Crippen molar-refractivity contribution in [1.29, 1.82) is 0 Å². The lowest BCUT2D eigenvalue weighted by atomic mass is 10.2. The van der Waals surface area contributed by atoms with Gasteiger partial charge in [0.2, 0.25) is 0 Å². The number of halogens is 2. The average Bonchev–Trinajstić information content (AvgIpc) is 2.64. The SMILES string of the molecule is CCCCOc1ccc(C(=O)NC(=S)Nc2ccc([N+](=O)[O-])cc2Cl)cc1Br. The van der Waals surface area contributed by atoms with E-state index in [1.54, 1.807) is 18.2 Å². The number of amides is 1. The van der Waals surface area contributed by atoms with Gasteiger partial charge in [0.1, 0.15) is 5.75 Å². The Labute approximate surface area is 180 Å². The van der Waals surface area contributed by atoms with E-state index in [4.69, 9.17) is 28.6 Å². The molecule has 2 aromatic carbocycles. The first-order valence-electron chi connectivity index (χ1n) is 8.30. The maximum Gasteiger partial charge on any atom is 0.271 e. The Morgan fingerprint density at radius 2 is 2.07 bits per heavy atom. The monoisotopic (exact) mass is 485 g/mol. The first kappa shape index (κ1) is 22.1. The van der Waals surface area contributed by atoms with Gasteiger partial charge < -0.3 is 10.1 Å². The van der Waals surface area contributed by atoms with E-state index in [0.717, 1.165) is 12.8 Å². The molecule has 0 aliphatic heterocycles. The summed E-state index contributed by atoms with van der Waals surface area (Å²) in [4.78, 5) is 22.6. The number of carbonyl (C=O) groups is 1. The third-order valence-electron chi connectivity index (χ3n) is 3.59. The number of nitro groups is 1. The smallest absolute Gasteiger partial charge is 0.271 e. The number of unbranched alkanes of at least 4 members (excludes halogenated alkanes) is 1. The predicted molar refractivity (Wildman–Crippen MR) is 116 cm³/mol. The molecule has 0 spiro atoms. The van der Waals surface area contributed by atoms with E-state index < -0.39 is 10.8 Å². The largest absolute Gasteiger partial charge is 0.492 e. The third-order valence-corrected chi connectivity index (χ3v) is 4.72. The van der Waals surface area contributed by atoms with Crippen LogP contribution in [0.2, 0.25) is 5.02 Å². The molecule has 10 heteroatoms. The van der Waals surface area contributed by atoms with Crippen LogP contribution in [0.4, 0.5) is 11.4 Å². The van der Waals surface area contributed by atoms with Gasteiger partial charge in [0.15, 0.2) is 5.11 Å². The number of ether oxygens (including phenoxy) is 1. The van der Waals surface area contributed by atoms with Gasteiger partial charge >= 0.3 is 0 Å². The van der Waals surface area contributed by atoms with Gasteiger partial charge in [0.25, 0.3) is 11.6 Å². The van der Waals surface area contributed by atoms with Crippen molar-refractivity contribution in [1.82, 2.24) is 5.32 Å². The molecular formula is C18H17BrClN3O4S. The highest BCUT2D eigenvalue weighted by molar-refractivity contribution is 9.10. The van der Waals surface area contributed by atoms with Crippen molar-refractivity contribution in [2.75, 3.05) is 11.9 Å². The minimum atomic E-state index is -0.552. The molecule has 0 aliphatic carbocycles. The van der Waals surface area contributed by atoms with Crippen molar-refractivity contribution >= 4 is 62.1 Å². The van der Waals surface area contributed by atoms with Crippen LogP contribution in [0.25, 0.3) is 0 Å². The predicted octanol–water partition coefficient (Wildman–Crippen LogP) is 5.32. The number of non-ortho nitro benzene ring substituents is 1. The minimum Gasteiger partial charge on any atom is -0.492 e. The number of carbonyl (C=O) groups excluding carboxylic acids is 1. The Bertz CT molecular complexity index is 910. The van der Waals surface area contributed by atoms with E-state index in [0.29, 0.717) is 28.1 Å². The molecule has 7 nitrogen and oxygen atoms in total. The van der Waals surface area contributed by atoms with Crippen LogP contribution in [0.3, 0.4) is 0 Å². The Kier molecular flexibility index (Phi) is 8.16. The Morgan fingerprint density at radius 3 is 2.68 bits per heavy atom. The maximum atomic E-state index is 12.4. The molecule has 1 amide bonds. The summed E-state index contributed by atoms with van der Waals surface area (Å²) in [5.74, 6) is 0.236. The molecule has 2 rings (SSSR count). The zero-order chi connectivity index (χ0) is 20.7. The summed E-state index contributed by atoms with van der Waals surface area (Å²) in [6, 6.07) is 8.87. The summed E-state index contributed by atoms with van der Waals surface area (Å²) in [7, 11) is 0. The van der Waals surface area contributed by atoms with Crippen molar-refractivity contribution < 1.29 is 14.5 Å². The van der Waals surface area contributed by atoms with Crippen molar-refractivity contribution in [3.63, 3.8) is 0 Å². The second-order valence-corrected chi connectivity index (χ2v) is 7.35. The summed E-state index contributed by atoms with van der Waals surface area (Å²) < 4.78 is 6.29. The summed E-state index contributed by atoms with van der Waals surface area (Å²) in [6.07, 6.45) is 1.97. The summed E-state index contributed by atoms with van der Waals surface area (Å²) in [5, 5.41) is 16.2. The highest BCUT2D eigenvalue weighted by Crippen LogP contribution is 2.27. The van der Waals surface area contributed by atoms with Crippen LogP contribution in [0.15, 0.2) is 40.9 Å². The van der Waals surface area contributed by atoms with Crippen LogP contribution in [-0.2, 0) is 0 Å². The van der Waals surface area contributed by atoms with E-state index in [9.17, 15) is 14.9 Å². The molecule has 148 valence electrons. The van der Waals surface area contributed by atoms with Crippen molar-refractivity contribution in [3.05, 3.63) is 61.6 Å². The second kappa shape index (κ2) is 10.4. The summed E-state index contributed by atoms with van der Waals surface area (Å²) in [5.41, 5.74) is 0.587. The number of anilines is 1. The molecule has 0 atom stereocenters. The lowest BCUT2D eigenvalue weighted by molar-refractivity contribution is -0.384. The maximum absolute atomic E-state index is 12.4. The van der Waals surface area contributed by atoms with E-state index in [1.807, 2.05) is 0 Å². The lowest BCUT2D eigenvalue weighted by Crippen LogP contribution is -2.34. The number of hydrogen-bond acceptors (Lipinski definition) is 5. The van der Waals surface area contributed by atoms with Crippen LogP contribution in [0, 0.1) is 10.1 Å². The molecule has 0 unspecified atom stereocenters. The van der Waals surface area contributed by atoms with Gasteiger partial charge in [-0.2, -0.15) is 0 Å². The van der Waals surface area contributed by atoms with Crippen molar-refractivity contribution in [2.45, 2.75) is 19.8 Å². The Balaban J connectivity index is 1.99. The number of nitrogens with one attached hydrogen (secondary N) is 2. The summed E-state index contributed by atoms with van der Waals surface area (Å²) in [6.45, 7) is 2.68. The molecule has 0 heterocycles. The minimum absolute atomic E-state index is 0.0140. The molecular weight excluding hydrogens is 470 g/mol. The number of nitrogens with zero attached hydrogens (tertiary/aromatic N) is 1. The molecule has 0 aliphatic rings. The normalized spacial score (nSPS) is 10.2. The number of nitro benzene ring substituents is 1. The number of thiocarbonyl (C=S) groups is 1. The average molecular weight is 487 g/mol. The van der Waals surface area contributed by atoms with Crippen molar-refractivity contribution in [2.24, 2.45) is 0 Å². The number of hydrogen-bond donors (Lipinski definition) is 2. The third kappa shape index (κ3) is 6.15. The van der Waals surface area contributed by atoms with Gasteiger partial charge in [-0.1, -0.05) is 24.9 Å². The zero-order valence-electron chi connectivity index (χ0n) is 14.8. The molecule has 0 saturated carbocycles. The first-order chi connectivity index (χ1) is 13.3. The quantitative estimate of drug-likeness (QED) is 0.238. The molecule has 0 fully saturated rings.